The van der Waals surface area contributed by atoms with Gasteiger partial charge >= 0.3 is 0 Å². The summed E-state index contributed by atoms with van der Waals surface area (Å²) < 4.78 is 7.16. The van der Waals surface area contributed by atoms with E-state index in [0.717, 1.165) is 16.6 Å². The van der Waals surface area contributed by atoms with Gasteiger partial charge in [-0.25, -0.2) is 9.97 Å². The summed E-state index contributed by atoms with van der Waals surface area (Å²) in [6.07, 6.45) is 3.53. The number of hydrogen-bond acceptors (Lipinski definition) is 5. The molecule has 0 amide bonds. The van der Waals surface area contributed by atoms with Gasteiger partial charge in [0, 0.05) is 12.4 Å². The topological polar surface area (TPSA) is 76.1 Å². The van der Waals surface area contributed by atoms with Gasteiger partial charge in [0.15, 0.2) is 5.82 Å². The average Bonchev–Trinajstić information content (AvgIpc) is 3.03. The molecule has 0 atom stereocenters. The van der Waals surface area contributed by atoms with Crippen LogP contribution in [0.5, 0.6) is 5.88 Å². The molecule has 0 N–H and O–H groups in total. The molecule has 0 saturated carbocycles. The lowest BCUT2D eigenvalue weighted by Crippen LogP contribution is -1.96. The molecule has 1 aromatic carbocycles. The minimum atomic E-state index is 0.489. The average molecular weight is 301 g/mol. The Morgan fingerprint density at radius 3 is 2.74 bits per heavy atom. The summed E-state index contributed by atoms with van der Waals surface area (Å²) in [5.41, 5.74) is 2.72. The maximum atomic E-state index is 8.98. The van der Waals surface area contributed by atoms with Crippen LogP contribution in [0.4, 0.5) is 0 Å². The molecule has 0 aliphatic carbocycles. The molecule has 6 heteroatoms. The van der Waals surface area contributed by atoms with Gasteiger partial charge in [0.2, 0.25) is 5.88 Å². The van der Waals surface area contributed by atoms with Gasteiger partial charge in [-0.15, -0.1) is 0 Å². The highest BCUT2D eigenvalue weighted by Crippen LogP contribution is 2.26. The zero-order chi connectivity index (χ0) is 15.8. The molecule has 4 rings (SSSR count). The van der Waals surface area contributed by atoms with Crippen LogP contribution in [0.3, 0.4) is 0 Å². The zero-order valence-corrected chi connectivity index (χ0v) is 12.3. The summed E-state index contributed by atoms with van der Waals surface area (Å²) in [6.45, 7) is 0. The van der Waals surface area contributed by atoms with E-state index in [4.69, 9.17) is 10.00 Å². The molecule has 0 aliphatic rings. The van der Waals surface area contributed by atoms with Gasteiger partial charge in [0.25, 0.3) is 0 Å². The Morgan fingerprint density at radius 1 is 1.04 bits per heavy atom. The van der Waals surface area contributed by atoms with E-state index in [2.05, 4.69) is 21.0 Å². The molecule has 23 heavy (non-hydrogen) atoms. The van der Waals surface area contributed by atoms with Gasteiger partial charge < -0.3 is 9.14 Å². The van der Waals surface area contributed by atoms with E-state index >= 15 is 0 Å². The minimum absolute atomic E-state index is 0.489. The highest BCUT2D eigenvalue weighted by Gasteiger charge is 2.12. The Hall–Kier alpha value is -3.46. The van der Waals surface area contributed by atoms with Crippen molar-refractivity contribution in [2.45, 2.75) is 0 Å². The number of rotatable bonds is 2. The quantitative estimate of drug-likeness (QED) is 0.569. The van der Waals surface area contributed by atoms with Crippen molar-refractivity contribution in [3.05, 3.63) is 54.4 Å². The molecular weight excluding hydrogens is 290 g/mol. The summed E-state index contributed by atoms with van der Waals surface area (Å²) >= 11 is 0. The first-order chi connectivity index (χ1) is 11.3. The van der Waals surface area contributed by atoms with Crippen LogP contribution in [0.25, 0.3) is 28.1 Å². The van der Waals surface area contributed by atoms with Gasteiger partial charge in [-0.1, -0.05) is 12.1 Å². The van der Waals surface area contributed by atoms with Gasteiger partial charge in [0.05, 0.1) is 23.6 Å². The van der Waals surface area contributed by atoms with Crippen molar-refractivity contribution >= 4 is 16.6 Å². The fourth-order valence-electron chi connectivity index (χ4n) is 2.48. The highest BCUT2D eigenvalue weighted by atomic mass is 16.5. The number of para-hydroxylation sites is 1. The molecule has 6 nitrogen and oxygen atoms in total. The zero-order valence-electron chi connectivity index (χ0n) is 12.3. The van der Waals surface area contributed by atoms with Crippen molar-refractivity contribution in [1.29, 1.82) is 5.26 Å². The van der Waals surface area contributed by atoms with E-state index in [1.165, 1.54) is 0 Å². The number of ether oxygens (including phenoxy) is 1. The minimum Gasteiger partial charge on any atom is -0.480 e. The summed E-state index contributed by atoms with van der Waals surface area (Å²) in [5.74, 6) is 1.00. The molecule has 0 fully saturated rings. The van der Waals surface area contributed by atoms with Crippen LogP contribution in [-0.2, 0) is 0 Å². The second-order valence-corrected chi connectivity index (χ2v) is 4.99. The van der Waals surface area contributed by atoms with Crippen LogP contribution in [-0.4, -0.2) is 26.5 Å². The number of fused-ring (bicyclic) bond motifs is 2. The lowest BCUT2D eigenvalue weighted by molar-refractivity contribution is 0.403. The largest absolute Gasteiger partial charge is 0.480 e. The van der Waals surface area contributed by atoms with Crippen molar-refractivity contribution in [2.75, 3.05) is 7.11 Å². The molecular formula is C17H11N5O. The Bertz CT molecular complexity index is 1080. The highest BCUT2D eigenvalue weighted by molar-refractivity contribution is 5.85. The molecule has 110 valence electrons. The molecule has 0 unspecified atom stereocenters. The van der Waals surface area contributed by atoms with Crippen molar-refractivity contribution in [2.24, 2.45) is 0 Å². The molecule has 0 spiro atoms. The van der Waals surface area contributed by atoms with Crippen molar-refractivity contribution in [3.8, 4) is 23.5 Å². The SMILES string of the molecule is COc1nc(-c2cn3cc(C#N)ccc3n2)nc2ccccc12. The molecule has 0 aliphatic heterocycles. The number of benzene rings is 1. The third-order valence-electron chi connectivity index (χ3n) is 3.57. The van der Waals surface area contributed by atoms with E-state index < -0.39 is 0 Å². The number of methoxy groups -OCH3 is 1. The van der Waals surface area contributed by atoms with E-state index in [1.807, 2.05) is 24.3 Å². The molecule has 4 aromatic rings. The second-order valence-electron chi connectivity index (χ2n) is 4.99. The van der Waals surface area contributed by atoms with Crippen LogP contribution in [0.2, 0.25) is 0 Å². The van der Waals surface area contributed by atoms with E-state index in [9.17, 15) is 0 Å². The van der Waals surface area contributed by atoms with Crippen LogP contribution >= 0.6 is 0 Å². The van der Waals surface area contributed by atoms with Crippen molar-refractivity contribution in [3.63, 3.8) is 0 Å². The number of aromatic nitrogens is 4. The fourth-order valence-corrected chi connectivity index (χ4v) is 2.48. The second kappa shape index (κ2) is 5.07. The molecule has 0 bridgehead atoms. The summed E-state index contributed by atoms with van der Waals surface area (Å²) in [5, 5.41) is 9.84. The van der Waals surface area contributed by atoms with Crippen LogP contribution in [0, 0.1) is 11.3 Å². The molecule has 0 radical (unpaired) electrons. The van der Waals surface area contributed by atoms with Crippen LogP contribution in [0.1, 0.15) is 5.56 Å². The summed E-state index contributed by atoms with van der Waals surface area (Å²) in [4.78, 5) is 13.5. The van der Waals surface area contributed by atoms with E-state index in [0.29, 0.717) is 23.0 Å². The Balaban J connectivity index is 1.93. The lowest BCUT2D eigenvalue weighted by atomic mass is 10.2. The third-order valence-corrected chi connectivity index (χ3v) is 3.57. The number of nitrogens with zero attached hydrogens (tertiary/aromatic N) is 5. The number of imidazole rings is 1. The molecule has 3 heterocycles. The number of pyridine rings is 1. The predicted octanol–water partition coefficient (Wildman–Crippen LogP) is 2.82. The Morgan fingerprint density at radius 2 is 1.91 bits per heavy atom. The Labute approximate surface area is 131 Å². The van der Waals surface area contributed by atoms with E-state index in [-0.39, 0.29) is 0 Å². The summed E-state index contributed by atoms with van der Waals surface area (Å²) in [6, 6.07) is 13.3. The maximum absolute atomic E-state index is 8.98. The Kier molecular flexibility index (Phi) is 2.91. The molecule has 3 aromatic heterocycles. The van der Waals surface area contributed by atoms with Gasteiger partial charge in [-0.3, -0.25) is 0 Å². The van der Waals surface area contributed by atoms with Crippen molar-refractivity contribution < 1.29 is 4.74 Å². The lowest BCUT2D eigenvalue weighted by Gasteiger charge is -2.05. The van der Waals surface area contributed by atoms with Crippen molar-refractivity contribution in [1.82, 2.24) is 19.4 Å². The molecule has 0 saturated heterocycles. The van der Waals surface area contributed by atoms with Crippen LogP contribution < -0.4 is 4.74 Å². The van der Waals surface area contributed by atoms with Gasteiger partial charge in [-0.05, 0) is 24.3 Å². The fraction of sp³-hybridized carbons (Fsp3) is 0.0588. The first-order valence-electron chi connectivity index (χ1n) is 6.98. The smallest absolute Gasteiger partial charge is 0.224 e. The first-order valence-corrected chi connectivity index (χ1v) is 6.98. The van der Waals surface area contributed by atoms with Gasteiger partial charge in [0.1, 0.15) is 17.4 Å². The van der Waals surface area contributed by atoms with Crippen LogP contribution in [0.15, 0.2) is 48.8 Å². The van der Waals surface area contributed by atoms with Gasteiger partial charge in [-0.2, -0.15) is 10.2 Å². The number of hydrogen-bond donors (Lipinski definition) is 0. The first kappa shape index (κ1) is 13.2. The van der Waals surface area contributed by atoms with E-state index in [1.54, 1.807) is 36.0 Å². The number of nitriles is 1. The maximum Gasteiger partial charge on any atom is 0.224 e. The third kappa shape index (κ3) is 2.15. The monoisotopic (exact) mass is 301 g/mol. The standard InChI is InChI=1S/C17H11N5O/c1-23-17-12-4-2-3-5-13(12)20-16(21-17)14-10-22-9-11(8-18)6-7-15(22)19-14/h2-7,9-10H,1H3. The predicted molar refractivity (Wildman–Crippen MR) is 85.0 cm³/mol. The normalized spacial score (nSPS) is 10.8. The summed E-state index contributed by atoms with van der Waals surface area (Å²) in [7, 11) is 1.58.